The molecule has 3 aromatic heterocycles. The minimum Gasteiger partial charge on any atom is -0.264 e. The van der Waals surface area contributed by atoms with Crippen molar-refractivity contribution in [1.29, 1.82) is 0 Å². The summed E-state index contributed by atoms with van der Waals surface area (Å²) in [6.07, 6.45) is 11.8. The van der Waals surface area contributed by atoms with E-state index in [1.54, 1.807) is 24.8 Å². The second kappa shape index (κ2) is 5.93. The maximum atomic E-state index is 4.53. The number of rotatable bonds is 2. The van der Waals surface area contributed by atoms with Crippen molar-refractivity contribution >= 4 is 21.5 Å². The van der Waals surface area contributed by atoms with E-state index in [0.29, 0.717) is 5.82 Å². The number of benzene rings is 2. The molecule has 6 nitrogen and oxygen atoms in total. The van der Waals surface area contributed by atoms with Crippen LogP contribution in [0.15, 0.2) is 74.0 Å². The number of pyridine rings is 1. The van der Waals surface area contributed by atoms with Gasteiger partial charge in [-0.2, -0.15) is 0 Å². The molecular formula is C20H12N6. The first kappa shape index (κ1) is 14.5. The lowest BCUT2D eigenvalue weighted by Crippen LogP contribution is -1.96. The molecule has 6 heteroatoms. The Bertz CT molecular complexity index is 1070. The van der Waals surface area contributed by atoms with Gasteiger partial charge in [-0.05, 0) is 22.2 Å². The van der Waals surface area contributed by atoms with Gasteiger partial charge in [0.25, 0.3) is 0 Å². The van der Waals surface area contributed by atoms with Gasteiger partial charge in [0.05, 0.1) is 11.9 Å². The highest BCUT2D eigenvalue weighted by molar-refractivity contribution is 6.20. The van der Waals surface area contributed by atoms with E-state index >= 15 is 0 Å². The van der Waals surface area contributed by atoms with Gasteiger partial charge >= 0.3 is 0 Å². The monoisotopic (exact) mass is 336 g/mol. The third kappa shape index (κ3) is 2.20. The zero-order valence-electron chi connectivity index (χ0n) is 13.6. The van der Waals surface area contributed by atoms with Gasteiger partial charge in [-0.3, -0.25) is 15.0 Å². The lowest BCUT2D eigenvalue weighted by molar-refractivity contribution is 1.06. The molecule has 0 bridgehead atoms. The van der Waals surface area contributed by atoms with E-state index in [9.17, 15) is 0 Å². The molecule has 3 heterocycles. The highest BCUT2D eigenvalue weighted by Gasteiger charge is 2.18. The summed E-state index contributed by atoms with van der Waals surface area (Å²) in [7, 11) is 0. The molecular weight excluding hydrogens is 324 g/mol. The lowest BCUT2D eigenvalue weighted by Gasteiger charge is -2.15. The van der Waals surface area contributed by atoms with Crippen LogP contribution in [0.2, 0.25) is 0 Å². The highest BCUT2D eigenvalue weighted by atomic mass is 15.0. The Morgan fingerprint density at radius 2 is 1.27 bits per heavy atom. The number of hydrogen-bond acceptors (Lipinski definition) is 6. The second-order valence-electron chi connectivity index (χ2n) is 5.77. The maximum absolute atomic E-state index is 4.53. The molecule has 0 unspecified atom stereocenters. The van der Waals surface area contributed by atoms with Gasteiger partial charge in [-0.15, -0.1) is 0 Å². The van der Waals surface area contributed by atoms with Gasteiger partial charge in [0.15, 0.2) is 5.82 Å². The predicted molar refractivity (Wildman–Crippen MR) is 99.1 cm³/mol. The average Bonchev–Trinajstić information content (AvgIpc) is 2.73. The Morgan fingerprint density at radius 3 is 2.04 bits per heavy atom. The largest absolute Gasteiger partial charge is 0.264 e. The smallest absolute Gasteiger partial charge is 0.163 e. The molecule has 5 rings (SSSR count). The summed E-state index contributed by atoms with van der Waals surface area (Å²) in [6, 6.07) is 10.2. The molecule has 0 aliphatic rings. The molecule has 0 saturated carbocycles. The van der Waals surface area contributed by atoms with Crippen LogP contribution in [0.3, 0.4) is 0 Å². The molecule has 0 radical (unpaired) electrons. The summed E-state index contributed by atoms with van der Waals surface area (Å²) >= 11 is 0. The summed E-state index contributed by atoms with van der Waals surface area (Å²) in [4.78, 5) is 25.8. The molecule has 122 valence electrons. The fourth-order valence-electron chi connectivity index (χ4n) is 3.33. The van der Waals surface area contributed by atoms with E-state index in [2.05, 4.69) is 42.0 Å². The Balaban J connectivity index is 2.02. The predicted octanol–water partition coefficient (Wildman–Crippen LogP) is 3.70. The molecule has 0 N–H and O–H groups in total. The van der Waals surface area contributed by atoms with Gasteiger partial charge in [0.1, 0.15) is 12.7 Å². The number of hydrogen-bond donors (Lipinski definition) is 0. The first-order valence-corrected chi connectivity index (χ1v) is 8.10. The lowest BCUT2D eigenvalue weighted by atomic mass is 9.91. The zero-order chi connectivity index (χ0) is 17.3. The van der Waals surface area contributed by atoms with Crippen LogP contribution >= 0.6 is 0 Å². The Labute approximate surface area is 148 Å². The second-order valence-corrected chi connectivity index (χ2v) is 5.77. The average molecular weight is 336 g/mol. The highest BCUT2D eigenvalue weighted by Crippen LogP contribution is 2.41. The van der Waals surface area contributed by atoms with Crippen molar-refractivity contribution in [1.82, 2.24) is 29.9 Å². The van der Waals surface area contributed by atoms with Crippen LogP contribution in [0.4, 0.5) is 0 Å². The first-order chi connectivity index (χ1) is 12.9. The standard InChI is InChI=1S/C20H12N6/c1-2-4-14-13(3-1)18(17-10-22-7-8-24-17)15-5-6-21-9-16(15)19(14)20-25-11-23-12-26-20/h1-12H. The van der Waals surface area contributed by atoms with Crippen LogP contribution in [0.1, 0.15) is 0 Å². The molecule has 0 aliphatic heterocycles. The van der Waals surface area contributed by atoms with Crippen LogP contribution in [-0.4, -0.2) is 29.9 Å². The minimum absolute atomic E-state index is 0.625. The van der Waals surface area contributed by atoms with E-state index in [0.717, 1.165) is 38.4 Å². The minimum atomic E-state index is 0.625. The maximum Gasteiger partial charge on any atom is 0.163 e. The van der Waals surface area contributed by atoms with Crippen LogP contribution in [0, 0.1) is 0 Å². The molecule has 5 aromatic rings. The van der Waals surface area contributed by atoms with Crippen molar-refractivity contribution in [2.45, 2.75) is 0 Å². The molecule has 0 atom stereocenters. The van der Waals surface area contributed by atoms with Crippen molar-refractivity contribution in [2.24, 2.45) is 0 Å². The molecule has 0 amide bonds. The van der Waals surface area contributed by atoms with E-state index in [1.165, 1.54) is 12.7 Å². The Hall–Kier alpha value is -3.80. The summed E-state index contributed by atoms with van der Waals surface area (Å²) < 4.78 is 0. The van der Waals surface area contributed by atoms with Crippen molar-refractivity contribution in [3.05, 3.63) is 74.0 Å². The van der Waals surface area contributed by atoms with E-state index in [1.807, 2.05) is 24.4 Å². The van der Waals surface area contributed by atoms with Gasteiger partial charge in [0, 0.05) is 41.3 Å². The number of aromatic nitrogens is 6. The van der Waals surface area contributed by atoms with Crippen molar-refractivity contribution in [3.63, 3.8) is 0 Å². The molecule has 0 fully saturated rings. The summed E-state index contributed by atoms with van der Waals surface area (Å²) in [6.45, 7) is 0. The SMILES string of the molecule is c1ccc2c(-c3ncncn3)c3cnccc3c(-c3cnccn3)c2c1. The van der Waals surface area contributed by atoms with Crippen LogP contribution in [-0.2, 0) is 0 Å². The normalized spacial score (nSPS) is 11.1. The number of fused-ring (bicyclic) bond motifs is 2. The van der Waals surface area contributed by atoms with Crippen molar-refractivity contribution in [3.8, 4) is 22.6 Å². The van der Waals surface area contributed by atoms with E-state index in [4.69, 9.17) is 0 Å². The third-order valence-corrected chi connectivity index (χ3v) is 4.36. The topological polar surface area (TPSA) is 77.3 Å². The summed E-state index contributed by atoms with van der Waals surface area (Å²) in [5, 5.41) is 4.12. The van der Waals surface area contributed by atoms with Gasteiger partial charge in [-0.1, -0.05) is 24.3 Å². The first-order valence-electron chi connectivity index (χ1n) is 8.10. The van der Waals surface area contributed by atoms with Crippen molar-refractivity contribution < 1.29 is 0 Å². The summed E-state index contributed by atoms with van der Waals surface area (Å²) in [5.74, 6) is 0.625. The van der Waals surface area contributed by atoms with Gasteiger partial charge in [0.2, 0.25) is 0 Å². The molecule has 26 heavy (non-hydrogen) atoms. The Kier molecular flexibility index (Phi) is 3.31. The molecule has 0 aliphatic carbocycles. The third-order valence-electron chi connectivity index (χ3n) is 4.36. The van der Waals surface area contributed by atoms with Crippen LogP contribution < -0.4 is 0 Å². The fraction of sp³-hybridized carbons (Fsp3) is 0. The zero-order valence-corrected chi connectivity index (χ0v) is 13.6. The quantitative estimate of drug-likeness (QED) is 0.457. The van der Waals surface area contributed by atoms with Crippen molar-refractivity contribution in [2.75, 3.05) is 0 Å². The van der Waals surface area contributed by atoms with Crippen LogP contribution in [0.25, 0.3) is 44.2 Å². The number of nitrogens with zero attached hydrogens (tertiary/aromatic N) is 6. The van der Waals surface area contributed by atoms with E-state index in [-0.39, 0.29) is 0 Å². The van der Waals surface area contributed by atoms with Gasteiger partial charge < -0.3 is 0 Å². The van der Waals surface area contributed by atoms with E-state index < -0.39 is 0 Å². The van der Waals surface area contributed by atoms with Gasteiger partial charge in [-0.25, -0.2) is 15.0 Å². The molecule has 0 spiro atoms. The Morgan fingerprint density at radius 1 is 0.538 bits per heavy atom. The van der Waals surface area contributed by atoms with Crippen LogP contribution in [0.5, 0.6) is 0 Å². The molecule has 0 saturated heterocycles. The molecule has 2 aromatic carbocycles. The summed E-state index contributed by atoms with van der Waals surface area (Å²) in [5.41, 5.74) is 2.80. The fourth-order valence-corrected chi connectivity index (χ4v) is 3.33.